The number of rotatable bonds is 20. The fourth-order valence-corrected chi connectivity index (χ4v) is 3.97. The molecular formula is C21H41O6P-2. The van der Waals surface area contributed by atoms with Gasteiger partial charge < -0.3 is 24.0 Å². The van der Waals surface area contributed by atoms with Crippen LogP contribution in [0.4, 0.5) is 0 Å². The lowest BCUT2D eigenvalue weighted by atomic mass is 10.0. The predicted molar refractivity (Wildman–Crippen MR) is 108 cm³/mol. The van der Waals surface area contributed by atoms with Crippen LogP contribution in [0.25, 0.3) is 0 Å². The molecule has 0 aliphatic rings. The van der Waals surface area contributed by atoms with Gasteiger partial charge in [0.15, 0.2) is 5.78 Å². The van der Waals surface area contributed by atoms with E-state index in [9.17, 15) is 24.3 Å². The molecule has 0 bridgehead atoms. The molecule has 1 N–H and O–H groups in total. The molecule has 0 aliphatic carbocycles. The fourth-order valence-electron chi connectivity index (χ4n) is 3.38. The summed E-state index contributed by atoms with van der Waals surface area (Å²) in [5.74, 6) is -3.37. The molecule has 168 valence electrons. The Morgan fingerprint density at radius 2 is 1.11 bits per heavy atom. The van der Waals surface area contributed by atoms with Crippen LogP contribution in [0.5, 0.6) is 0 Å². The summed E-state index contributed by atoms with van der Waals surface area (Å²) in [4.78, 5) is 32.7. The lowest BCUT2D eigenvalue weighted by Crippen LogP contribution is -2.42. The highest BCUT2D eigenvalue weighted by Gasteiger charge is 2.34. The van der Waals surface area contributed by atoms with Gasteiger partial charge in [0.05, 0.1) is 7.82 Å². The second-order valence-corrected chi connectivity index (χ2v) is 9.01. The van der Waals surface area contributed by atoms with Crippen LogP contribution in [0.15, 0.2) is 0 Å². The molecule has 1 unspecified atom stereocenters. The van der Waals surface area contributed by atoms with Crippen molar-refractivity contribution in [1.82, 2.24) is 0 Å². The Morgan fingerprint density at radius 1 is 0.786 bits per heavy atom. The molecular weight excluding hydrogens is 379 g/mol. The maximum absolute atomic E-state index is 11.4. The van der Waals surface area contributed by atoms with Crippen molar-refractivity contribution in [2.75, 3.05) is 0 Å². The van der Waals surface area contributed by atoms with Crippen LogP contribution in [0.3, 0.4) is 0 Å². The van der Waals surface area contributed by atoms with E-state index in [1.165, 1.54) is 77.0 Å². The van der Waals surface area contributed by atoms with E-state index in [0.29, 0.717) is 6.42 Å². The second kappa shape index (κ2) is 16.5. The molecule has 6 nitrogen and oxygen atoms in total. The monoisotopic (exact) mass is 420 g/mol. The van der Waals surface area contributed by atoms with Gasteiger partial charge in [0, 0.05) is 13.3 Å². The molecule has 0 rings (SSSR count). The molecule has 0 aromatic heterocycles. The van der Waals surface area contributed by atoms with Gasteiger partial charge in [0.2, 0.25) is 5.79 Å². The Morgan fingerprint density at radius 3 is 1.39 bits per heavy atom. The molecule has 28 heavy (non-hydrogen) atoms. The number of hydrogen-bond donors (Lipinski definition) is 1. The Hall–Kier alpha value is -0.260. The van der Waals surface area contributed by atoms with E-state index in [1.54, 1.807) is 0 Å². The zero-order valence-corrected chi connectivity index (χ0v) is 18.9. The SMILES string of the molecule is CCCCCCCCCCCCCCCCCCC(O)(OP(=O)([O-])[O-])C(C)=O. The smallest absolute Gasteiger partial charge is 0.229 e. The minimum Gasteiger partial charge on any atom is -0.790 e. The summed E-state index contributed by atoms with van der Waals surface area (Å²) < 4.78 is 14.7. The minimum atomic E-state index is -5.40. The van der Waals surface area contributed by atoms with E-state index in [4.69, 9.17) is 0 Å². The number of Topliss-reactive ketones (excluding diaryl/α,β-unsaturated/α-hetero) is 1. The van der Waals surface area contributed by atoms with Crippen LogP contribution in [-0.2, 0) is 13.9 Å². The summed E-state index contributed by atoms with van der Waals surface area (Å²) in [6, 6.07) is 0. The van der Waals surface area contributed by atoms with Crippen molar-refractivity contribution < 1.29 is 28.8 Å². The fraction of sp³-hybridized carbons (Fsp3) is 0.952. The van der Waals surface area contributed by atoms with E-state index >= 15 is 0 Å². The number of carbonyl (C=O) groups is 1. The van der Waals surface area contributed by atoms with Crippen molar-refractivity contribution >= 4 is 13.6 Å². The zero-order chi connectivity index (χ0) is 21.3. The highest BCUT2D eigenvalue weighted by Crippen LogP contribution is 2.35. The first kappa shape index (κ1) is 27.7. The van der Waals surface area contributed by atoms with E-state index in [-0.39, 0.29) is 6.42 Å². The third kappa shape index (κ3) is 16.7. The van der Waals surface area contributed by atoms with Crippen LogP contribution >= 0.6 is 7.82 Å². The van der Waals surface area contributed by atoms with E-state index < -0.39 is 19.4 Å². The molecule has 0 heterocycles. The molecule has 0 fully saturated rings. The number of phosphoric ester groups is 1. The van der Waals surface area contributed by atoms with Gasteiger partial charge in [-0.1, -0.05) is 103 Å². The van der Waals surface area contributed by atoms with E-state index in [0.717, 1.165) is 26.2 Å². The first-order valence-corrected chi connectivity index (χ1v) is 12.6. The highest BCUT2D eigenvalue weighted by atomic mass is 31.2. The van der Waals surface area contributed by atoms with Gasteiger partial charge in [-0.25, -0.2) is 0 Å². The number of ketones is 1. The van der Waals surface area contributed by atoms with Crippen LogP contribution < -0.4 is 9.79 Å². The number of aliphatic hydroxyl groups is 1. The molecule has 0 saturated heterocycles. The van der Waals surface area contributed by atoms with Crippen LogP contribution in [0.2, 0.25) is 0 Å². The molecule has 0 aromatic rings. The maximum Gasteiger partial charge on any atom is 0.229 e. The number of unbranched alkanes of at least 4 members (excludes halogenated alkanes) is 15. The van der Waals surface area contributed by atoms with Crippen LogP contribution in [0.1, 0.15) is 123 Å². The molecule has 0 saturated carbocycles. The Kier molecular flexibility index (Phi) is 16.4. The van der Waals surface area contributed by atoms with Crippen molar-refractivity contribution in [2.45, 2.75) is 129 Å². The van der Waals surface area contributed by atoms with Gasteiger partial charge in [-0.2, -0.15) is 0 Å². The minimum absolute atomic E-state index is 0.171. The summed E-state index contributed by atoms with van der Waals surface area (Å²) in [5, 5.41) is 9.90. The van der Waals surface area contributed by atoms with Crippen LogP contribution in [0, 0.1) is 0 Å². The molecule has 1 atom stereocenters. The maximum atomic E-state index is 11.4. The zero-order valence-electron chi connectivity index (χ0n) is 18.0. The summed E-state index contributed by atoms with van der Waals surface area (Å²) in [7, 11) is -5.40. The Balaban J connectivity index is 3.50. The molecule has 0 aliphatic heterocycles. The van der Waals surface area contributed by atoms with E-state index in [1.807, 2.05) is 0 Å². The quantitative estimate of drug-likeness (QED) is 0.173. The number of hydrogen-bond acceptors (Lipinski definition) is 6. The van der Waals surface area contributed by atoms with Crippen molar-refractivity contribution in [3.63, 3.8) is 0 Å². The lowest BCUT2D eigenvalue weighted by Gasteiger charge is -2.37. The highest BCUT2D eigenvalue weighted by molar-refractivity contribution is 7.43. The van der Waals surface area contributed by atoms with Crippen molar-refractivity contribution in [3.05, 3.63) is 0 Å². The average Bonchev–Trinajstić information content (AvgIpc) is 2.59. The number of phosphoric acid groups is 1. The lowest BCUT2D eigenvalue weighted by molar-refractivity contribution is -0.358. The Bertz CT molecular complexity index is 437. The third-order valence-corrected chi connectivity index (χ3v) is 5.71. The summed E-state index contributed by atoms with van der Waals surface area (Å²) in [5.41, 5.74) is 0. The second-order valence-electron chi connectivity index (χ2n) is 7.93. The third-order valence-electron chi connectivity index (χ3n) is 5.18. The first-order valence-electron chi connectivity index (χ1n) is 11.2. The standard InChI is InChI=1S/C21H43O6P/c1-3-4-5-6-7-8-9-10-11-12-13-14-15-16-17-18-19-21(23,20(2)22)27-28(24,25)26/h23H,3-19H2,1-2H3,(H2,24,25,26)/p-2. The normalized spacial score (nSPS) is 14.2. The van der Waals surface area contributed by atoms with Gasteiger partial charge in [0.25, 0.3) is 0 Å². The van der Waals surface area contributed by atoms with Crippen molar-refractivity contribution in [2.24, 2.45) is 0 Å². The molecule has 0 radical (unpaired) electrons. The largest absolute Gasteiger partial charge is 0.790 e. The molecule has 0 amide bonds. The summed E-state index contributed by atoms with van der Waals surface area (Å²) in [6.07, 6.45) is 18.9. The van der Waals surface area contributed by atoms with Gasteiger partial charge in [0.1, 0.15) is 0 Å². The van der Waals surface area contributed by atoms with Gasteiger partial charge >= 0.3 is 0 Å². The predicted octanol–water partition coefficient (Wildman–Crippen LogP) is 4.76. The molecule has 0 aromatic carbocycles. The van der Waals surface area contributed by atoms with Crippen molar-refractivity contribution in [1.29, 1.82) is 0 Å². The van der Waals surface area contributed by atoms with Gasteiger partial charge in [-0.05, 0) is 6.42 Å². The first-order chi connectivity index (χ1) is 13.2. The average molecular weight is 421 g/mol. The van der Waals surface area contributed by atoms with Crippen molar-refractivity contribution in [3.8, 4) is 0 Å². The topological polar surface area (TPSA) is 110 Å². The molecule has 7 heteroatoms. The van der Waals surface area contributed by atoms with E-state index in [2.05, 4.69) is 11.4 Å². The number of carbonyl (C=O) groups excluding carboxylic acids is 1. The molecule has 0 spiro atoms. The van der Waals surface area contributed by atoms with Gasteiger partial charge in [-0.15, -0.1) is 0 Å². The Labute approximate surface area is 171 Å². The summed E-state index contributed by atoms with van der Waals surface area (Å²) >= 11 is 0. The van der Waals surface area contributed by atoms with Gasteiger partial charge in [-0.3, -0.25) is 4.79 Å². The van der Waals surface area contributed by atoms with Crippen LogP contribution in [-0.4, -0.2) is 16.7 Å². The summed E-state index contributed by atoms with van der Waals surface area (Å²) in [6.45, 7) is 3.26.